The first kappa shape index (κ1) is 20.9. The number of imidazole rings is 1. The number of carbonyl (C=O) groups is 1. The lowest BCUT2D eigenvalue weighted by atomic mass is 10.0. The Bertz CT molecular complexity index is 1430. The minimum Gasteiger partial charge on any atom is -0.338 e. The van der Waals surface area contributed by atoms with Crippen molar-refractivity contribution < 1.29 is 9.18 Å². The number of aromatic amines is 1. The Balaban J connectivity index is 1.39. The molecule has 0 bridgehead atoms. The van der Waals surface area contributed by atoms with Crippen molar-refractivity contribution in [1.29, 1.82) is 0 Å². The third-order valence-electron chi connectivity index (χ3n) is 6.21. The number of piperidine rings is 1. The highest BCUT2D eigenvalue weighted by Crippen LogP contribution is 2.24. The molecule has 0 unspecified atom stereocenters. The summed E-state index contributed by atoms with van der Waals surface area (Å²) in [6.07, 6.45) is 6.95. The minimum atomic E-state index is -0.598. The van der Waals surface area contributed by atoms with Gasteiger partial charge in [-0.05, 0) is 42.7 Å². The van der Waals surface area contributed by atoms with Gasteiger partial charge >= 0.3 is 5.69 Å². The van der Waals surface area contributed by atoms with Crippen LogP contribution in [0.4, 0.5) is 4.39 Å². The van der Waals surface area contributed by atoms with E-state index in [0.29, 0.717) is 29.6 Å². The summed E-state index contributed by atoms with van der Waals surface area (Å²) >= 11 is 0. The zero-order chi connectivity index (χ0) is 22.9. The van der Waals surface area contributed by atoms with Crippen molar-refractivity contribution >= 4 is 16.8 Å². The number of amides is 1. The van der Waals surface area contributed by atoms with Gasteiger partial charge in [0.15, 0.2) is 0 Å². The lowest BCUT2D eigenvalue weighted by Crippen LogP contribution is -2.39. The van der Waals surface area contributed by atoms with E-state index in [9.17, 15) is 18.8 Å². The Morgan fingerprint density at radius 3 is 2.67 bits per heavy atom. The van der Waals surface area contributed by atoms with Gasteiger partial charge in [0.2, 0.25) is 0 Å². The van der Waals surface area contributed by atoms with E-state index in [1.165, 1.54) is 16.7 Å². The van der Waals surface area contributed by atoms with Gasteiger partial charge in [0, 0.05) is 31.5 Å². The Morgan fingerprint density at radius 2 is 1.91 bits per heavy atom. The van der Waals surface area contributed by atoms with Crippen LogP contribution in [-0.4, -0.2) is 43.0 Å². The Hall–Kier alpha value is -4.01. The van der Waals surface area contributed by atoms with E-state index in [4.69, 9.17) is 0 Å². The Labute approximate surface area is 187 Å². The topological polar surface area (TPSA) is 93.0 Å². The molecule has 3 heterocycles. The van der Waals surface area contributed by atoms with Crippen LogP contribution in [0.2, 0.25) is 0 Å². The van der Waals surface area contributed by atoms with Crippen molar-refractivity contribution in [1.82, 2.24) is 24.0 Å². The van der Waals surface area contributed by atoms with Crippen molar-refractivity contribution in [2.24, 2.45) is 0 Å². The summed E-state index contributed by atoms with van der Waals surface area (Å²) in [7, 11) is 0. The molecule has 1 aliphatic heterocycles. The first-order chi connectivity index (χ1) is 16.0. The lowest BCUT2D eigenvalue weighted by Gasteiger charge is -2.32. The quantitative estimate of drug-likeness (QED) is 0.520. The van der Waals surface area contributed by atoms with Crippen LogP contribution in [0.5, 0.6) is 0 Å². The van der Waals surface area contributed by atoms with E-state index in [-0.39, 0.29) is 24.1 Å². The second-order valence-corrected chi connectivity index (χ2v) is 8.21. The zero-order valence-electron chi connectivity index (χ0n) is 17.8. The van der Waals surface area contributed by atoms with Gasteiger partial charge in [0.25, 0.3) is 11.5 Å². The molecular formula is C24H22FN5O3. The van der Waals surface area contributed by atoms with Gasteiger partial charge in [-0.2, -0.15) is 0 Å². The van der Waals surface area contributed by atoms with E-state index in [1.54, 1.807) is 47.8 Å². The number of rotatable bonds is 4. The number of nitrogens with zero attached hydrogens (tertiary/aromatic N) is 4. The summed E-state index contributed by atoms with van der Waals surface area (Å²) in [5.74, 6) is -0.962. The maximum Gasteiger partial charge on any atom is 0.329 e. The fraction of sp³-hybridized carbons (Fsp3) is 0.250. The Kier molecular flexibility index (Phi) is 5.37. The molecule has 1 N–H and O–H groups in total. The molecule has 1 amide bonds. The van der Waals surface area contributed by atoms with Crippen LogP contribution in [0, 0.1) is 5.82 Å². The van der Waals surface area contributed by atoms with Crippen LogP contribution in [0.25, 0.3) is 10.9 Å². The zero-order valence-corrected chi connectivity index (χ0v) is 17.8. The second-order valence-electron chi connectivity index (χ2n) is 8.21. The molecule has 0 spiro atoms. The maximum atomic E-state index is 14.6. The molecule has 1 saturated heterocycles. The maximum absolute atomic E-state index is 14.6. The summed E-state index contributed by atoms with van der Waals surface area (Å²) in [4.78, 5) is 45.7. The number of H-pyrrole nitrogens is 1. The third-order valence-corrected chi connectivity index (χ3v) is 6.21. The van der Waals surface area contributed by atoms with Gasteiger partial charge in [-0.3, -0.25) is 19.1 Å². The summed E-state index contributed by atoms with van der Waals surface area (Å²) in [6, 6.07) is 11.3. The number of benzene rings is 2. The molecule has 4 aromatic rings. The molecule has 1 fully saturated rings. The van der Waals surface area contributed by atoms with E-state index >= 15 is 0 Å². The van der Waals surface area contributed by atoms with Crippen molar-refractivity contribution in [2.75, 3.05) is 13.1 Å². The molecule has 33 heavy (non-hydrogen) atoms. The monoisotopic (exact) mass is 447 g/mol. The highest BCUT2D eigenvalue weighted by atomic mass is 19.1. The number of fused-ring (bicyclic) bond motifs is 1. The predicted octanol–water partition coefficient (Wildman–Crippen LogP) is 2.55. The molecule has 8 nitrogen and oxygen atoms in total. The fourth-order valence-electron chi connectivity index (χ4n) is 4.44. The van der Waals surface area contributed by atoms with Crippen molar-refractivity contribution in [2.45, 2.75) is 25.4 Å². The van der Waals surface area contributed by atoms with Gasteiger partial charge < -0.3 is 9.47 Å². The Morgan fingerprint density at radius 1 is 1.12 bits per heavy atom. The normalized spacial score (nSPS) is 14.6. The van der Waals surface area contributed by atoms with Crippen molar-refractivity contribution in [3.05, 3.63) is 99.0 Å². The summed E-state index contributed by atoms with van der Waals surface area (Å²) in [5.41, 5.74) is 0.0335. The largest absolute Gasteiger partial charge is 0.338 e. The molecular weight excluding hydrogens is 425 g/mol. The number of carbonyl (C=O) groups excluding carboxylic acids is 1. The van der Waals surface area contributed by atoms with Crippen molar-refractivity contribution in [3.63, 3.8) is 0 Å². The van der Waals surface area contributed by atoms with Crippen LogP contribution >= 0.6 is 0 Å². The number of hydrogen-bond donors (Lipinski definition) is 1. The van der Waals surface area contributed by atoms with E-state index in [1.807, 2.05) is 10.8 Å². The standard InChI is InChI=1S/C24H22FN5O3/c25-20-6-5-16(14-30-21-4-2-1-3-18(21)22(31)27-24(30)33)13-19(20)23(32)28-10-7-17(8-11-28)29-12-9-26-15-29/h1-6,9,12-13,15,17H,7-8,10-11,14H2,(H,27,31,33). The number of likely N-dealkylation sites (tertiary alicyclic amines) is 1. The molecule has 9 heteroatoms. The van der Waals surface area contributed by atoms with E-state index < -0.39 is 17.1 Å². The summed E-state index contributed by atoms with van der Waals surface area (Å²) in [6.45, 7) is 1.14. The van der Waals surface area contributed by atoms with Crippen LogP contribution < -0.4 is 11.2 Å². The average molecular weight is 447 g/mol. The van der Waals surface area contributed by atoms with Crippen molar-refractivity contribution in [3.8, 4) is 0 Å². The van der Waals surface area contributed by atoms with Gasteiger partial charge in [-0.1, -0.05) is 18.2 Å². The van der Waals surface area contributed by atoms with Crippen LogP contribution in [0.3, 0.4) is 0 Å². The number of hydrogen-bond acceptors (Lipinski definition) is 4. The second kappa shape index (κ2) is 8.50. The highest BCUT2D eigenvalue weighted by molar-refractivity contribution is 5.94. The molecule has 0 saturated carbocycles. The van der Waals surface area contributed by atoms with Gasteiger partial charge in [-0.15, -0.1) is 0 Å². The first-order valence-electron chi connectivity index (χ1n) is 10.8. The van der Waals surface area contributed by atoms with Gasteiger partial charge in [0.1, 0.15) is 5.82 Å². The molecule has 0 atom stereocenters. The third kappa shape index (κ3) is 3.97. The molecule has 2 aromatic carbocycles. The smallest absolute Gasteiger partial charge is 0.329 e. The van der Waals surface area contributed by atoms with Crippen LogP contribution in [0.15, 0.2) is 70.8 Å². The van der Waals surface area contributed by atoms with Crippen LogP contribution in [0.1, 0.15) is 34.8 Å². The molecule has 0 aliphatic carbocycles. The predicted molar refractivity (Wildman–Crippen MR) is 121 cm³/mol. The molecule has 168 valence electrons. The SMILES string of the molecule is O=C(c1cc(Cn2c(=O)[nH]c(=O)c3ccccc32)ccc1F)N1CCC(n2ccnc2)CC1. The van der Waals surface area contributed by atoms with E-state index in [0.717, 1.165) is 12.8 Å². The van der Waals surface area contributed by atoms with Gasteiger partial charge in [-0.25, -0.2) is 14.2 Å². The number of aromatic nitrogens is 4. The molecule has 2 aromatic heterocycles. The molecule has 0 radical (unpaired) electrons. The minimum absolute atomic E-state index is 0.0182. The summed E-state index contributed by atoms with van der Waals surface area (Å²) in [5, 5.41) is 0.385. The number of halogens is 1. The van der Waals surface area contributed by atoms with Crippen LogP contribution in [-0.2, 0) is 6.54 Å². The lowest BCUT2D eigenvalue weighted by molar-refractivity contribution is 0.0689. The number of para-hydroxylation sites is 1. The fourth-order valence-corrected chi connectivity index (χ4v) is 4.44. The summed E-state index contributed by atoms with van der Waals surface area (Å²) < 4.78 is 18.1. The first-order valence-corrected chi connectivity index (χ1v) is 10.8. The van der Waals surface area contributed by atoms with Gasteiger partial charge in [0.05, 0.1) is 29.3 Å². The molecule has 5 rings (SSSR count). The van der Waals surface area contributed by atoms with E-state index in [2.05, 4.69) is 9.97 Å². The average Bonchev–Trinajstić information content (AvgIpc) is 3.37. The highest BCUT2D eigenvalue weighted by Gasteiger charge is 2.26. The molecule has 1 aliphatic rings. The number of nitrogens with one attached hydrogen (secondary N) is 1.